The fraction of sp³-hybridized carbons (Fsp3) is 0.480. The van der Waals surface area contributed by atoms with Crippen LogP contribution >= 0.6 is 0 Å². The molecule has 4 aliphatic rings. The summed E-state index contributed by atoms with van der Waals surface area (Å²) in [5.41, 5.74) is 0.515. The summed E-state index contributed by atoms with van der Waals surface area (Å²) < 4.78 is 28.7. The van der Waals surface area contributed by atoms with Crippen molar-refractivity contribution in [3.05, 3.63) is 52.6 Å². The Labute approximate surface area is 195 Å². The number of anilines is 1. The normalized spacial score (nSPS) is 29.3. The monoisotopic (exact) mass is 466 g/mol. The highest BCUT2D eigenvalue weighted by Crippen LogP contribution is 2.55. The highest BCUT2D eigenvalue weighted by molar-refractivity contribution is 6.08. The van der Waals surface area contributed by atoms with E-state index in [-0.39, 0.29) is 22.9 Å². The van der Waals surface area contributed by atoms with Crippen LogP contribution in [0.2, 0.25) is 0 Å². The first-order valence-electron chi connectivity index (χ1n) is 11.7. The highest BCUT2D eigenvalue weighted by Gasteiger charge is 2.61. The maximum absolute atomic E-state index is 13.5. The molecule has 1 amide bonds. The number of carbonyl (C=O) groups is 1. The fourth-order valence-electron chi connectivity index (χ4n) is 5.40. The van der Waals surface area contributed by atoms with Crippen molar-refractivity contribution in [2.24, 2.45) is 0 Å². The van der Waals surface area contributed by atoms with Crippen molar-refractivity contribution in [3.63, 3.8) is 0 Å². The lowest BCUT2D eigenvalue weighted by Crippen LogP contribution is -2.49. The quantitative estimate of drug-likeness (QED) is 0.597. The molecule has 1 aromatic carbocycles. The van der Waals surface area contributed by atoms with Crippen molar-refractivity contribution in [3.8, 4) is 5.75 Å². The van der Waals surface area contributed by atoms with Crippen molar-refractivity contribution >= 4 is 22.5 Å². The molecule has 2 saturated heterocycles. The summed E-state index contributed by atoms with van der Waals surface area (Å²) >= 11 is 0. The number of carbonyl (C=O) groups excluding carboxylic acids is 1. The SMILES string of the molecule is CC(C)Oc1cc2nn(C34COC(C)(C3)C4)cc2cc1C(=O)Nc1cccn([C@@H]2C[C@@H]2F)c1=O. The van der Waals surface area contributed by atoms with E-state index < -0.39 is 23.7 Å². The maximum Gasteiger partial charge on any atom is 0.274 e. The molecule has 0 spiro atoms. The van der Waals surface area contributed by atoms with Crippen LogP contribution in [0.15, 0.2) is 41.5 Å². The second-order valence-electron chi connectivity index (χ2n) is 10.4. The molecule has 4 fully saturated rings. The Morgan fingerprint density at radius 3 is 2.76 bits per heavy atom. The number of hydrogen-bond donors (Lipinski definition) is 1. The number of ether oxygens (including phenoxy) is 2. The summed E-state index contributed by atoms with van der Waals surface area (Å²) in [5.74, 6) is -0.0718. The number of alkyl halides is 1. The van der Waals surface area contributed by atoms with Crippen molar-refractivity contribution < 1.29 is 18.7 Å². The predicted molar refractivity (Wildman–Crippen MR) is 124 cm³/mol. The minimum Gasteiger partial charge on any atom is -0.490 e. The first-order chi connectivity index (χ1) is 16.2. The molecule has 2 aliphatic heterocycles. The van der Waals surface area contributed by atoms with E-state index in [9.17, 15) is 14.0 Å². The average Bonchev–Trinajstić information content (AvgIpc) is 3.08. The lowest BCUT2D eigenvalue weighted by atomic mass is 9.69. The molecule has 1 N–H and O–H groups in total. The zero-order chi connectivity index (χ0) is 23.8. The van der Waals surface area contributed by atoms with Crippen molar-refractivity contribution in [1.82, 2.24) is 14.3 Å². The minimum atomic E-state index is -1.02. The number of pyridine rings is 1. The van der Waals surface area contributed by atoms with E-state index in [1.807, 2.05) is 24.7 Å². The van der Waals surface area contributed by atoms with Gasteiger partial charge in [0.05, 0.1) is 41.0 Å². The van der Waals surface area contributed by atoms with Gasteiger partial charge in [-0.3, -0.25) is 14.3 Å². The number of aromatic nitrogens is 3. The minimum absolute atomic E-state index is 0.0691. The molecule has 0 unspecified atom stereocenters. The third kappa shape index (κ3) is 3.33. The largest absolute Gasteiger partial charge is 0.490 e. The van der Waals surface area contributed by atoms with E-state index in [1.54, 1.807) is 24.4 Å². The first-order valence-corrected chi connectivity index (χ1v) is 11.7. The van der Waals surface area contributed by atoms with Crippen LogP contribution in [0.5, 0.6) is 5.75 Å². The second-order valence-corrected chi connectivity index (χ2v) is 10.4. The fourth-order valence-corrected chi connectivity index (χ4v) is 5.40. The Bertz CT molecular complexity index is 1370. The van der Waals surface area contributed by atoms with Crippen LogP contribution in [0.4, 0.5) is 10.1 Å². The Hall–Kier alpha value is -3.20. The van der Waals surface area contributed by atoms with E-state index in [1.165, 1.54) is 10.6 Å². The molecule has 34 heavy (non-hydrogen) atoms. The third-order valence-electron chi connectivity index (χ3n) is 7.06. The van der Waals surface area contributed by atoms with Gasteiger partial charge in [-0.1, -0.05) is 0 Å². The summed E-state index contributed by atoms with van der Waals surface area (Å²) in [6.07, 6.45) is 4.46. The van der Waals surface area contributed by atoms with Crippen LogP contribution in [-0.4, -0.2) is 44.7 Å². The van der Waals surface area contributed by atoms with E-state index in [0.29, 0.717) is 24.3 Å². The molecule has 7 rings (SSSR count). The van der Waals surface area contributed by atoms with Crippen LogP contribution in [0.3, 0.4) is 0 Å². The molecule has 2 bridgehead atoms. The van der Waals surface area contributed by atoms with Gasteiger partial charge in [0, 0.05) is 43.1 Å². The van der Waals surface area contributed by atoms with Gasteiger partial charge in [0.25, 0.3) is 11.5 Å². The van der Waals surface area contributed by atoms with Gasteiger partial charge in [-0.2, -0.15) is 5.10 Å². The average molecular weight is 467 g/mol. The zero-order valence-corrected chi connectivity index (χ0v) is 19.4. The lowest BCUT2D eigenvalue weighted by Gasteiger charge is -2.42. The summed E-state index contributed by atoms with van der Waals surface area (Å²) in [6, 6.07) is 6.22. The molecule has 8 nitrogen and oxygen atoms in total. The summed E-state index contributed by atoms with van der Waals surface area (Å²) in [7, 11) is 0. The molecule has 178 valence electrons. The molecular formula is C25H27FN4O4. The predicted octanol–water partition coefficient (Wildman–Crippen LogP) is 3.80. The highest BCUT2D eigenvalue weighted by atomic mass is 19.1. The van der Waals surface area contributed by atoms with Gasteiger partial charge in [-0.15, -0.1) is 0 Å². The van der Waals surface area contributed by atoms with Gasteiger partial charge >= 0.3 is 0 Å². The van der Waals surface area contributed by atoms with Gasteiger partial charge in [-0.25, -0.2) is 4.39 Å². The van der Waals surface area contributed by atoms with E-state index >= 15 is 0 Å². The van der Waals surface area contributed by atoms with Crippen molar-refractivity contribution in [2.75, 3.05) is 11.9 Å². The topological polar surface area (TPSA) is 87.4 Å². The number of benzene rings is 1. The van der Waals surface area contributed by atoms with Gasteiger partial charge < -0.3 is 19.4 Å². The number of nitrogens with zero attached hydrogens (tertiary/aromatic N) is 3. The Morgan fingerprint density at radius 1 is 1.35 bits per heavy atom. The Balaban J connectivity index is 1.35. The molecule has 2 aromatic heterocycles. The molecule has 0 radical (unpaired) electrons. The molecular weight excluding hydrogens is 439 g/mol. The maximum atomic E-state index is 13.5. The number of rotatable bonds is 6. The zero-order valence-electron chi connectivity index (χ0n) is 19.4. The number of halogens is 1. The number of amides is 1. The molecule has 2 saturated carbocycles. The number of fused-ring (bicyclic) bond motifs is 2. The van der Waals surface area contributed by atoms with Crippen molar-refractivity contribution in [1.29, 1.82) is 0 Å². The number of hydrogen-bond acceptors (Lipinski definition) is 5. The Kier molecular flexibility index (Phi) is 4.49. The summed E-state index contributed by atoms with van der Waals surface area (Å²) in [6.45, 7) is 6.51. The van der Waals surface area contributed by atoms with Gasteiger partial charge in [0.2, 0.25) is 0 Å². The number of nitrogens with one attached hydrogen (secondary N) is 1. The lowest BCUT2D eigenvalue weighted by molar-refractivity contribution is 0.00383. The molecule has 2 atom stereocenters. The first kappa shape index (κ1) is 21.3. The van der Waals surface area contributed by atoms with Gasteiger partial charge in [0.15, 0.2) is 0 Å². The molecule has 2 aliphatic carbocycles. The Morgan fingerprint density at radius 2 is 2.12 bits per heavy atom. The molecule has 3 aromatic rings. The second kappa shape index (κ2) is 7.15. The van der Waals surface area contributed by atoms with E-state index in [2.05, 4.69) is 12.2 Å². The van der Waals surface area contributed by atoms with E-state index in [4.69, 9.17) is 14.6 Å². The molecule has 4 heterocycles. The van der Waals surface area contributed by atoms with Gasteiger partial charge in [0.1, 0.15) is 17.6 Å². The summed E-state index contributed by atoms with van der Waals surface area (Å²) in [4.78, 5) is 26.1. The van der Waals surface area contributed by atoms with Crippen molar-refractivity contribution in [2.45, 2.75) is 69.5 Å². The van der Waals surface area contributed by atoms with Crippen LogP contribution in [-0.2, 0) is 10.3 Å². The smallest absolute Gasteiger partial charge is 0.274 e. The standard InChI is InChI=1S/C25H27FN4O4/c1-14(2)34-21-9-19-15(10-30(28-19)25-11-24(3,12-25)33-13-25)7-16(21)22(31)27-18-5-4-6-29(23(18)32)20-8-17(20)26/h4-7,9-10,14,17,20H,8,11-13H2,1-3H3,(H,27,31)/t17-,20+,24?,25?/m0/s1. The van der Waals surface area contributed by atoms with Crippen LogP contribution < -0.4 is 15.6 Å². The van der Waals surface area contributed by atoms with Crippen LogP contribution in [0.1, 0.15) is 56.4 Å². The van der Waals surface area contributed by atoms with Crippen LogP contribution in [0.25, 0.3) is 10.9 Å². The summed E-state index contributed by atoms with van der Waals surface area (Å²) in [5, 5.41) is 8.29. The van der Waals surface area contributed by atoms with Crippen LogP contribution in [0, 0.1) is 0 Å². The molecule has 9 heteroatoms. The van der Waals surface area contributed by atoms with Gasteiger partial charge in [-0.05, 0) is 39.0 Å². The van der Waals surface area contributed by atoms with E-state index in [0.717, 1.165) is 23.7 Å². The third-order valence-corrected chi connectivity index (χ3v) is 7.06.